The predicted octanol–water partition coefficient (Wildman–Crippen LogP) is 10.1. The molecule has 5 heterocycles. The quantitative estimate of drug-likeness (QED) is 0.112. The summed E-state index contributed by atoms with van der Waals surface area (Å²) in [5.41, 5.74) is 13.7. The molecule has 0 aromatic heterocycles. The van der Waals surface area contributed by atoms with E-state index >= 15 is 0 Å². The van der Waals surface area contributed by atoms with E-state index in [0.29, 0.717) is 11.1 Å². The monoisotopic (exact) mass is 1070 g/mol. The van der Waals surface area contributed by atoms with Crippen LogP contribution in [0.15, 0.2) is 237 Å². The molecular weight excluding hydrogens is 1030 g/mol. The Labute approximate surface area is 431 Å². The predicted molar refractivity (Wildman–Crippen MR) is 299 cm³/mol. The van der Waals surface area contributed by atoms with E-state index in [1.165, 1.54) is 17.8 Å². The molecule has 0 saturated heterocycles. The number of para-hydroxylation sites is 4. The fraction of sp³-hybridized carbons (Fsp3) is 0.0328. The third kappa shape index (κ3) is 5.94. The van der Waals surface area contributed by atoms with Gasteiger partial charge in [-0.1, -0.05) is 18.2 Å². The number of allylic oxidation sites excluding steroid dienone is 8. The molecule has 0 spiro atoms. The van der Waals surface area contributed by atoms with Crippen LogP contribution in [0.5, 0.6) is 0 Å². The average Bonchev–Trinajstić information content (AvgIpc) is 3.43. The maximum absolute atomic E-state index is 12.1. The summed E-state index contributed by atoms with van der Waals surface area (Å²) in [5.74, 6) is 1.97. The molecule has 2 unspecified atom stereocenters. The Kier molecular flexibility index (Phi) is 8.68. The molecule has 3 aliphatic carbocycles. The van der Waals surface area contributed by atoms with Gasteiger partial charge >= 0.3 is 386 Å². The van der Waals surface area contributed by atoms with Crippen LogP contribution in [0.4, 0.5) is 45.5 Å². The van der Waals surface area contributed by atoms with Gasteiger partial charge in [0.25, 0.3) is 0 Å². The van der Waals surface area contributed by atoms with E-state index in [1.807, 2.05) is 36.4 Å². The molecule has 73 heavy (non-hydrogen) atoms. The van der Waals surface area contributed by atoms with Crippen LogP contribution in [-0.2, 0) is 0 Å². The third-order valence-electron chi connectivity index (χ3n) is 14.9. The van der Waals surface area contributed by atoms with Crippen molar-refractivity contribution < 1.29 is 10.2 Å². The zero-order valence-corrected chi connectivity index (χ0v) is 41.9. The number of hydrogen-bond donors (Lipinski definition) is 5. The fourth-order valence-corrected chi connectivity index (χ4v) is 16.2. The first-order chi connectivity index (χ1) is 36.0. The first kappa shape index (κ1) is 41.0. The van der Waals surface area contributed by atoms with Crippen LogP contribution in [0, 0.1) is 11.8 Å². The number of aliphatic imine (C=N–C) groups is 3. The second kappa shape index (κ2) is 15.4. The number of anilines is 6. The molecule has 5 aliphatic heterocycles. The van der Waals surface area contributed by atoms with Gasteiger partial charge in [0.05, 0.1) is 0 Å². The second-order valence-electron chi connectivity index (χ2n) is 18.8. The number of nitrogens with zero attached hydrogens (tertiary/aromatic N) is 5. The maximum atomic E-state index is 12.1. The van der Waals surface area contributed by atoms with Crippen molar-refractivity contribution in [3.05, 3.63) is 233 Å². The zero-order chi connectivity index (χ0) is 48.1. The molecule has 8 aromatic rings. The Bertz CT molecular complexity index is 4110. The molecule has 16 rings (SSSR count). The van der Waals surface area contributed by atoms with Crippen LogP contribution in [0.2, 0.25) is 0 Å². The summed E-state index contributed by atoms with van der Waals surface area (Å²) in [6.07, 6.45) is 10.4. The first-order valence-electron chi connectivity index (χ1n) is 24.2. The minimum atomic E-state index is -0.315. The molecule has 8 aliphatic rings. The van der Waals surface area contributed by atoms with E-state index in [-0.39, 0.29) is 53.3 Å². The van der Waals surface area contributed by atoms with Crippen molar-refractivity contribution in [3.8, 4) is 0 Å². The van der Waals surface area contributed by atoms with Gasteiger partial charge in [0.2, 0.25) is 0 Å². The molecule has 2 atom stereocenters. The van der Waals surface area contributed by atoms with Crippen LogP contribution in [0.3, 0.4) is 0 Å². The van der Waals surface area contributed by atoms with Crippen molar-refractivity contribution >= 4 is 138 Å². The van der Waals surface area contributed by atoms with Crippen molar-refractivity contribution in [2.75, 3.05) is 20.4 Å². The summed E-state index contributed by atoms with van der Waals surface area (Å²) in [6.45, 7) is 0. The number of aliphatic hydroxyl groups excluding tert-OH is 2. The van der Waals surface area contributed by atoms with Gasteiger partial charge in [-0.15, -0.1) is 0 Å². The van der Waals surface area contributed by atoms with Crippen LogP contribution >= 0.6 is 0 Å². The molecule has 8 aromatic carbocycles. The topological polar surface area (TPSA) is 120 Å². The molecule has 0 fully saturated rings. The van der Waals surface area contributed by atoms with Gasteiger partial charge in [0.1, 0.15) is 0 Å². The van der Waals surface area contributed by atoms with Crippen molar-refractivity contribution in [3.63, 3.8) is 0 Å². The Hall–Kier alpha value is -8.63. The van der Waals surface area contributed by atoms with E-state index < -0.39 is 0 Å². The molecular formula is C61H38N8O2Se2. The summed E-state index contributed by atoms with van der Waals surface area (Å²) in [4.78, 5) is 20.3. The summed E-state index contributed by atoms with van der Waals surface area (Å²) in [5, 5.41) is 39.2. The number of fused-ring (bicyclic) bond motifs is 4. The number of hydrogen-bond acceptors (Lipinski definition) is 10. The standard InChI is InChI=1S/C61H38N8O2Se2/c70-57-55(58(71)56(57)36-27-30-42-53-33(36)13-10-16-39(53)64-60(66-42)68-44-18-1-5-22-48(44)72-49-23-6-2-19-45(49)68)35-26-29-41-52-32(35)12-9-15-38(52)62-59(63-41)37-28-31-43-54-34(37)14-11-17-40(54)65-61(67-43)69-46-20-3-7-24-50(46)73-51-25-8-4-21-47(51)69/h1-32,35,70-71H,(H,62,63)(H,64,66)(H,65,67). The van der Waals surface area contributed by atoms with Crippen molar-refractivity contribution in [2.45, 2.75) is 0 Å². The molecule has 0 radical (unpaired) electrons. The summed E-state index contributed by atoms with van der Waals surface area (Å²) in [7, 11) is 0. The van der Waals surface area contributed by atoms with Gasteiger partial charge in [0.15, 0.2) is 0 Å². The van der Waals surface area contributed by atoms with E-state index in [9.17, 15) is 10.2 Å². The zero-order valence-electron chi connectivity index (χ0n) is 38.5. The van der Waals surface area contributed by atoms with E-state index in [1.54, 1.807) is 0 Å². The number of nitrogens with one attached hydrogen (secondary N) is 3. The van der Waals surface area contributed by atoms with Gasteiger partial charge in [-0.2, -0.15) is 0 Å². The van der Waals surface area contributed by atoms with Gasteiger partial charge < -0.3 is 0 Å². The summed E-state index contributed by atoms with van der Waals surface area (Å²) in [6, 6.07) is 55.1. The molecule has 346 valence electrons. The Balaban J connectivity index is 0.714. The van der Waals surface area contributed by atoms with Crippen molar-refractivity contribution in [2.24, 2.45) is 26.8 Å². The average molecular weight is 1070 g/mol. The summed E-state index contributed by atoms with van der Waals surface area (Å²) >= 11 is 0.376. The van der Waals surface area contributed by atoms with Gasteiger partial charge in [0, 0.05) is 17.4 Å². The number of benzene rings is 8. The summed E-state index contributed by atoms with van der Waals surface area (Å²) < 4.78 is 5.25. The number of amidine groups is 1. The van der Waals surface area contributed by atoms with E-state index in [2.05, 4.69) is 177 Å². The number of aliphatic hydroxyl groups is 2. The van der Waals surface area contributed by atoms with Crippen molar-refractivity contribution in [1.29, 1.82) is 0 Å². The van der Waals surface area contributed by atoms with E-state index in [4.69, 9.17) is 15.0 Å². The normalized spacial score (nSPS) is 19.3. The van der Waals surface area contributed by atoms with Gasteiger partial charge in [-0.05, 0) is 12.2 Å². The molecule has 0 amide bonds. The minimum absolute atomic E-state index is 0.100. The third-order valence-corrected chi connectivity index (χ3v) is 19.7. The molecule has 0 bridgehead atoms. The van der Waals surface area contributed by atoms with Crippen LogP contribution in [0.25, 0.3) is 27.1 Å². The van der Waals surface area contributed by atoms with E-state index in [0.717, 1.165) is 113 Å². The Morgan fingerprint density at radius 3 is 1.52 bits per heavy atom. The fourth-order valence-electron chi connectivity index (χ4n) is 11.7. The van der Waals surface area contributed by atoms with Crippen LogP contribution in [0.1, 0.15) is 11.1 Å². The first-order valence-corrected chi connectivity index (χ1v) is 27.6. The molecule has 0 saturated carbocycles. The van der Waals surface area contributed by atoms with Crippen molar-refractivity contribution in [1.82, 2.24) is 5.32 Å². The Morgan fingerprint density at radius 2 is 0.973 bits per heavy atom. The number of guanidine groups is 2. The van der Waals surface area contributed by atoms with Crippen LogP contribution < -0.4 is 43.6 Å². The second-order valence-corrected chi connectivity index (χ2v) is 23.4. The SMILES string of the molecule is OC1=C(c2ccc3c4c(cccc24)N=C(N2c4ccccc4[Se]c4ccccc42)N3)C(O)=C1C1C=CC2=C3C(=CC=CC31)NC(c1ccc3c4c(cccc14)N=C(N1c4ccccc4[Se]c4ccccc41)N3)=N2. The van der Waals surface area contributed by atoms with Crippen LogP contribution in [-0.4, -0.2) is 57.9 Å². The molecule has 5 N–H and O–H groups in total. The van der Waals surface area contributed by atoms with Gasteiger partial charge in [-0.25, -0.2) is 0 Å². The molecule has 12 heteroatoms. The Morgan fingerprint density at radius 1 is 0.466 bits per heavy atom. The number of rotatable bonds is 3. The molecule has 10 nitrogen and oxygen atoms in total. The van der Waals surface area contributed by atoms with Gasteiger partial charge in [-0.3, -0.25) is 0 Å².